The van der Waals surface area contributed by atoms with E-state index in [9.17, 15) is 9.59 Å². The van der Waals surface area contributed by atoms with E-state index in [0.29, 0.717) is 17.8 Å². The fourth-order valence-corrected chi connectivity index (χ4v) is 1.32. The van der Waals surface area contributed by atoms with Crippen LogP contribution in [0.25, 0.3) is 0 Å². The van der Waals surface area contributed by atoms with Crippen LogP contribution in [-0.4, -0.2) is 23.7 Å². The molecule has 0 aliphatic carbocycles. The molecule has 3 N–H and O–H groups in total. The standard InChI is InChI=1S/C11H14N2O3/c1-3-12-11(16)13-8-4-5-9(10(14)15)7(2)6-8/h4-6H,3H2,1-2H3,(H,14,15)(H2,12,13,16). The molecule has 0 radical (unpaired) electrons. The maximum atomic E-state index is 11.2. The number of carbonyl (C=O) groups is 2. The SMILES string of the molecule is CCNC(=O)Nc1ccc(C(=O)O)c(C)c1. The topological polar surface area (TPSA) is 78.4 Å². The summed E-state index contributed by atoms with van der Waals surface area (Å²) in [7, 11) is 0. The van der Waals surface area contributed by atoms with Crippen LogP contribution in [0, 0.1) is 6.92 Å². The molecule has 0 fully saturated rings. The smallest absolute Gasteiger partial charge is 0.335 e. The highest BCUT2D eigenvalue weighted by Crippen LogP contribution is 2.14. The molecule has 5 heteroatoms. The van der Waals surface area contributed by atoms with Gasteiger partial charge in [0.2, 0.25) is 0 Å². The van der Waals surface area contributed by atoms with E-state index in [1.165, 1.54) is 6.07 Å². The van der Waals surface area contributed by atoms with Gasteiger partial charge in [-0.2, -0.15) is 0 Å². The van der Waals surface area contributed by atoms with Gasteiger partial charge < -0.3 is 15.7 Å². The first-order valence-electron chi connectivity index (χ1n) is 4.93. The number of nitrogens with one attached hydrogen (secondary N) is 2. The van der Waals surface area contributed by atoms with Crippen molar-refractivity contribution >= 4 is 17.7 Å². The average molecular weight is 222 g/mol. The van der Waals surface area contributed by atoms with Crippen molar-refractivity contribution in [2.24, 2.45) is 0 Å². The van der Waals surface area contributed by atoms with Crippen LogP contribution in [0.3, 0.4) is 0 Å². The number of carboxylic acids is 1. The second-order valence-electron chi connectivity index (χ2n) is 3.32. The Hall–Kier alpha value is -2.04. The van der Waals surface area contributed by atoms with Crippen molar-refractivity contribution in [2.75, 3.05) is 11.9 Å². The van der Waals surface area contributed by atoms with Crippen molar-refractivity contribution in [1.82, 2.24) is 5.32 Å². The van der Waals surface area contributed by atoms with E-state index in [0.717, 1.165) is 0 Å². The molecule has 5 nitrogen and oxygen atoms in total. The molecule has 1 rings (SSSR count). The molecule has 0 bridgehead atoms. The molecule has 0 atom stereocenters. The number of aryl methyl sites for hydroxylation is 1. The zero-order valence-electron chi connectivity index (χ0n) is 9.20. The third kappa shape index (κ3) is 2.98. The number of carbonyl (C=O) groups excluding carboxylic acids is 1. The van der Waals surface area contributed by atoms with Crippen molar-refractivity contribution in [3.05, 3.63) is 29.3 Å². The average Bonchev–Trinajstić information content (AvgIpc) is 2.17. The zero-order chi connectivity index (χ0) is 12.1. The summed E-state index contributed by atoms with van der Waals surface area (Å²) >= 11 is 0. The summed E-state index contributed by atoms with van der Waals surface area (Å²) in [6.07, 6.45) is 0. The van der Waals surface area contributed by atoms with Crippen LogP contribution < -0.4 is 10.6 Å². The van der Waals surface area contributed by atoms with Crippen LogP contribution in [0.4, 0.5) is 10.5 Å². The van der Waals surface area contributed by atoms with E-state index in [2.05, 4.69) is 10.6 Å². The molecule has 0 saturated heterocycles. The fourth-order valence-electron chi connectivity index (χ4n) is 1.32. The Kier molecular flexibility index (Phi) is 3.88. The number of rotatable bonds is 3. The summed E-state index contributed by atoms with van der Waals surface area (Å²) < 4.78 is 0. The predicted molar refractivity (Wildman–Crippen MR) is 60.8 cm³/mol. The van der Waals surface area contributed by atoms with Crippen LogP contribution in [0.1, 0.15) is 22.8 Å². The van der Waals surface area contributed by atoms with Gasteiger partial charge >= 0.3 is 12.0 Å². The lowest BCUT2D eigenvalue weighted by Gasteiger charge is -2.07. The summed E-state index contributed by atoms with van der Waals surface area (Å²) in [5, 5.41) is 14.0. The van der Waals surface area contributed by atoms with Crippen LogP contribution in [0.5, 0.6) is 0 Å². The molecule has 2 amide bonds. The molecule has 16 heavy (non-hydrogen) atoms. The van der Waals surface area contributed by atoms with Gasteiger partial charge in [0.15, 0.2) is 0 Å². The highest BCUT2D eigenvalue weighted by Gasteiger charge is 2.08. The summed E-state index contributed by atoms with van der Waals surface area (Å²) in [5.74, 6) is -0.970. The summed E-state index contributed by atoms with van der Waals surface area (Å²) in [5.41, 5.74) is 1.43. The van der Waals surface area contributed by atoms with Crippen molar-refractivity contribution in [1.29, 1.82) is 0 Å². The molecule has 1 aromatic rings. The van der Waals surface area contributed by atoms with Crippen molar-refractivity contribution in [2.45, 2.75) is 13.8 Å². The van der Waals surface area contributed by atoms with E-state index in [1.807, 2.05) is 6.92 Å². The Morgan fingerprint density at radius 1 is 1.38 bits per heavy atom. The highest BCUT2D eigenvalue weighted by molar-refractivity contribution is 5.92. The zero-order valence-corrected chi connectivity index (χ0v) is 9.20. The number of amides is 2. The minimum Gasteiger partial charge on any atom is -0.478 e. The molecule has 0 aliphatic heterocycles. The lowest BCUT2D eigenvalue weighted by molar-refractivity contribution is 0.0696. The van der Waals surface area contributed by atoms with Crippen LogP contribution >= 0.6 is 0 Å². The van der Waals surface area contributed by atoms with Gasteiger partial charge in [-0.05, 0) is 37.6 Å². The van der Waals surface area contributed by atoms with Crippen LogP contribution in [0.15, 0.2) is 18.2 Å². The Balaban J connectivity index is 2.81. The van der Waals surface area contributed by atoms with Crippen molar-refractivity contribution in [3.63, 3.8) is 0 Å². The van der Waals surface area contributed by atoms with Gasteiger partial charge in [-0.1, -0.05) is 0 Å². The van der Waals surface area contributed by atoms with E-state index in [4.69, 9.17) is 5.11 Å². The summed E-state index contributed by atoms with van der Waals surface area (Å²) in [4.78, 5) is 22.0. The third-order valence-corrected chi connectivity index (χ3v) is 2.05. The summed E-state index contributed by atoms with van der Waals surface area (Å²) in [6.45, 7) is 4.04. The van der Waals surface area contributed by atoms with Gasteiger partial charge in [-0.3, -0.25) is 0 Å². The number of hydrogen-bond acceptors (Lipinski definition) is 2. The molecular formula is C11H14N2O3. The molecule has 86 valence electrons. The molecule has 0 spiro atoms. The number of aromatic carboxylic acids is 1. The predicted octanol–water partition coefficient (Wildman–Crippen LogP) is 1.83. The number of benzene rings is 1. The maximum absolute atomic E-state index is 11.2. The number of hydrogen-bond donors (Lipinski definition) is 3. The first-order valence-corrected chi connectivity index (χ1v) is 4.93. The molecular weight excluding hydrogens is 208 g/mol. The lowest BCUT2D eigenvalue weighted by atomic mass is 10.1. The second-order valence-corrected chi connectivity index (χ2v) is 3.32. The fraction of sp³-hybridized carbons (Fsp3) is 0.273. The molecule has 1 aromatic carbocycles. The van der Waals surface area contributed by atoms with E-state index >= 15 is 0 Å². The minimum absolute atomic E-state index is 0.237. The molecule has 0 unspecified atom stereocenters. The molecule has 0 aromatic heterocycles. The third-order valence-electron chi connectivity index (χ3n) is 2.05. The van der Waals surface area contributed by atoms with Crippen LogP contribution in [-0.2, 0) is 0 Å². The minimum atomic E-state index is -0.970. The first kappa shape index (κ1) is 12.0. The Morgan fingerprint density at radius 3 is 2.56 bits per heavy atom. The number of anilines is 1. The van der Waals surface area contributed by atoms with Gasteiger partial charge in [0.25, 0.3) is 0 Å². The Morgan fingerprint density at radius 2 is 2.06 bits per heavy atom. The maximum Gasteiger partial charge on any atom is 0.335 e. The monoisotopic (exact) mass is 222 g/mol. The molecule has 0 heterocycles. The quantitative estimate of drug-likeness (QED) is 0.730. The lowest BCUT2D eigenvalue weighted by Crippen LogP contribution is -2.28. The largest absolute Gasteiger partial charge is 0.478 e. The van der Waals surface area contributed by atoms with Gasteiger partial charge in [0, 0.05) is 12.2 Å². The van der Waals surface area contributed by atoms with Gasteiger partial charge in [-0.15, -0.1) is 0 Å². The summed E-state index contributed by atoms with van der Waals surface area (Å²) in [6, 6.07) is 4.36. The van der Waals surface area contributed by atoms with Gasteiger partial charge in [0.05, 0.1) is 5.56 Å². The molecule has 0 saturated carbocycles. The normalized spacial score (nSPS) is 9.62. The van der Waals surface area contributed by atoms with Gasteiger partial charge in [0.1, 0.15) is 0 Å². The highest BCUT2D eigenvalue weighted by atomic mass is 16.4. The Bertz CT molecular complexity index is 416. The molecule has 0 aliphatic rings. The van der Waals surface area contributed by atoms with Crippen molar-refractivity contribution in [3.8, 4) is 0 Å². The second kappa shape index (κ2) is 5.16. The van der Waals surface area contributed by atoms with E-state index in [1.54, 1.807) is 19.1 Å². The first-order chi connectivity index (χ1) is 7.54. The number of carboxylic acid groups (broad SMARTS) is 1. The van der Waals surface area contributed by atoms with Crippen LogP contribution in [0.2, 0.25) is 0 Å². The van der Waals surface area contributed by atoms with Crippen molar-refractivity contribution < 1.29 is 14.7 Å². The van der Waals surface area contributed by atoms with E-state index in [-0.39, 0.29) is 11.6 Å². The number of urea groups is 1. The Labute approximate surface area is 93.5 Å². The van der Waals surface area contributed by atoms with E-state index < -0.39 is 5.97 Å². The van der Waals surface area contributed by atoms with Gasteiger partial charge in [-0.25, -0.2) is 9.59 Å².